The normalized spacial score (nSPS) is 25.8. The van der Waals surface area contributed by atoms with E-state index in [9.17, 15) is 4.79 Å². The van der Waals surface area contributed by atoms with E-state index in [-0.39, 0.29) is 5.97 Å². The molecule has 0 radical (unpaired) electrons. The van der Waals surface area contributed by atoms with Gasteiger partial charge in [0, 0.05) is 12.6 Å². The van der Waals surface area contributed by atoms with Crippen molar-refractivity contribution in [2.45, 2.75) is 45.6 Å². The maximum Gasteiger partial charge on any atom is 0.320 e. The van der Waals surface area contributed by atoms with E-state index in [1.54, 1.807) is 0 Å². The summed E-state index contributed by atoms with van der Waals surface area (Å²) in [6.45, 7) is 6.84. The molecule has 17 heavy (non-hydrogen) atoms. The van der Waals surface area contributed by atoms with Crippen molar-refractivity contribution in [2.75, 3.05) is 26.2 Å². The molecule has 2 N–H and O–H groups in total. The monoisotopic (exact) mass is 242 g/mol. The Morgan fingerprint density at radius 1 is 1.53 bits per heavy atom. The Hall–Kier alpha value is -0.610. The molecule has 0 aliphatic carbocycles. The predicted molar refractivity (Wildman–Crippen MR) is 68.7 cm³/mol. The maximum atomic E-state index is 11.6. The Bertz CT molecular complexity index is 233. The standard InChI is InChI=1S/C13H26N2O2/c1-3-4-8-17-13(16)10-15-7-5-6-11(2)12(15)9-14/h11-12H,3-10,14H2,1-2H3. The van der Waals surface area contributed by atoms with E-state index in [4.69, 9.17) is 10.5 Å². The van der Waals surface area contributed by atoms with Crippen LogP contribution < -0.4 is 5.73 Å². The molecule has 0 aromatic heterocycles. The van der Waals surface area contributed by atoms with E-state index in [0.717, 1.165) is 25.8 Å². The van der Waals surface area contributed by atoms with Gasteiger partial charge in [-0.15, -0.1) is 0 Å². The molecule has 0 saturated carbocycles. The molecule has 1 heterocycles. The lowest BCUT2D eigenvalue weighted by molar-refractivity contribution is -0.146. The number of piperidine rings is 1. The molecular weight excluding hydrogens is 216 g/mol. The van der Waals surface area contributed by atoms with Crippen LogP contribution >= 0.6 is 0 Å². The number of hydrogen-bond donors (Lipinski definition) is 1. The summed E-state index contributed by atoms with van der Waals surface area (Å²) in [6.07, 6.45) is 4.37. The number of rotatable bonds is 6. The highest BCUT2D eigenvalue weighted by atomic mass is 16.5. The van der Waals surface area contributed by atoms with Crippen molar-refractivity contribution in [3.8, 4) is 0 Å². The largest absolute Gasteiger partial charge is 0.465 e. The van der Waals surface area contributed by atoms with Crippen molar-refractivity contribution in [1.82, 2.24) is 4.90 Å². The van der Waals surface area contributed by atoms with Crippen molar-refractivity contribution < 1.29 is 9.53 Å². The molecule has 0 spiro atoms. The Balaban J connectivity index is 2.35. The number of hydrogen-bond acceptors (Lipinski definition) is 4. The predicted octanol–water partition coefficient (Wildman–Crippen LogP) is 1.39. The number of likely N-dealkylation sites (tertiary alicyclic amines) is 1. The summed E-state index contributed by atoms with van der Waals surface area (Å²) < 4.78 is 5.19. The first-order chi connectivity index (χ1) is 8.19. The summed E-state index contributed by atoms with van der Waals surface area (Å²) in [5, 5.41) is 0. The maximum absolute atomic E-state index is 11.6. The molecule has 1 aliphatic heterocycles. The quantitative estimate of drug-likeness (QED) is 0.565. The summed E-state index contributed by atoms with van der Waals surface area (Å²) >= 11 is 0. The number of carbonyl (C=O) groups is 1. The molecule has 1 rings (SSSR count). The second-order valence-electron chi connectivity index (χ2n) is 4.97. The second-order valence-corrected chi connectivity index (χ2v) is 4.97. The molecule has 4 nitrogen and oxygen atoms in total. The van der Waals surface area contributed by atoms with Gasteiger partial charge in [-0.2, -0.15) is 0 Å². The number of nitrogens with two attached hydrogens (primary N) is 1. The van der Waals surface area contributed by atoms with E-state index in [2.05, 4.69) is 18.7 Å². The molecule has 0 aromatic rings. The summed E-state index contributed by atoms with van der Waals surface area (Å²) in [4.78, 5) is 13.8. The van der Waals surface area contributed by atoms with Gasteiger partial charge in [0.15, 0.2) is 0 Å². The van der Waals surface area contributed by atoms with Crippen LogP contribution in [0.1, 0.15) is 39.5 Å². The third-order valence-electron chi connectivity index (χ3n) is 3.57. The van der Waals surface area contributed by atoms with Gasteiger partial charge in [-0.05, 0) is 31.7 Å². The van der Waals surface area contributed by atoms with Gasteiger partial charge < -0.3 is 10.5 Å². The lowest BCUT2D eigenvalue weighted by atomic mass is 9.91. The first-order valence-electron chi connectivity index (χ1n) is 6.78. The van der Waals surface area contributed by atoms with Crippen LogP contribution in [-0.4, -0.2) is 43.2 Å². The van der Waals surface area contributed by atoms with Gasteiger partial charge in [0.25, 0.3) is 0 Å². The van der Waals surface area contributed by atoms with E-state index in [0.29, 0.717) is 31.7 Å². The number of esters is 1. The molecule has 0 aromatic carbocycles. The fourth-order valence-electron chi connectivity index (χ4n) is 2.45. The highest BCUT2D eigenvalue weighted by Gasteiger charge is 2.28. The van der Waals surface area contributed by atoms with Crippen molar-refractivity contribution in [3.05, 3.63) is 0 Å². The van der Waals surface area contributed by atoms with Crippen LogP contribution in [-0.2, 0) is 9.53 Å². The molecule has 4 heteroatoms. The zero-order valence-corrected chi connectivity index (χ0v) is 11.2. The molecule has 1 aliphatic rings. The molecule has 1 saturated heterocycles. The number of nitrogens with zero attached hydrogens (tertiary/aromatic N) is 1. The first kappa shape index (κ1) is 14.5. The second kappa shape index (κ2) is 7.67. The van der Waals surface area contributed by atoms with Gasteiger partial charge in [0.2, 0.25) is 0 Å². The number of unbranched alkanes of at least 4 members (excludes halogenated alkanes) is 1. The van der Waals surface area contributed by atoms with Crippen LogP contribution in [0.15, 0.2) is 0 Å². The van der Waals surface area contributed by atoms with E-state index in [1.165, 1.54) is 6.42 Å². The van der Waals surface area contributed by atoms with Crippen molar-refractivity contribution >= 4 is 5.97 Å². The van der Waals surface area contributed by atoms with E-state index in [1.807, 2.05) is 0 Å². The smallest absolute Gasteiger partial charge is 0.320 e. The Kier molecular flexibility index (Phi) is 6.52. The fraction of sp³-hybridized carbons (Fsp3) is 0.923. The minimum absolute atomic E-state index is 0.106. The Morgan fingerprint density at radius 3 is 2.94 bits per heavy atom. The number of carbonyl (C=O) groups excluding carboxylic acids is 1. The molecule has 100 valence electrons. The van der Waals surface area contributed by atoms with Crippen LogP contribution in [0.2, 0.25) is 0 Å². The molecular formula is C13H26N2O2. The average Bonchev–Trinajstić information content (AvgIpc) is 2.29. The van der Waals surface area contributed by atoms with Crippen molar-refractivity contribution in [2.24, 2.45) is 11.7 Å². The molecule has 0 bridgehead atoms. The fourth-order valence-corrected chi connectivity index (χ4v) is 2.45. The summed E-state index contributed by atoms with van der Waals surface area (Å²) in [5.41, 5.74) is 5.79. The zero-order valence-electron chi connectivity index (χ0n) is 11.2. The molecule has 1 fully saturated rings. The average molecular weight is 242 g/mol. The van der Waals surface area contributed by atoms with Gasteiger partial charge >= 0.3 is 5.97 Å². The molecule has 2 unspecified atom stereocenters. The Labute approximate surface area is 104 Å². The summed E-state index contributed by atoms with van der Waals surface area (Å²) in [5.74, 6) is 0.475. The van der Waals surface area contributed by atoms with Crippen LogP contribution in [0.3, 0.4) is 0 Å². The highest BCUT2D eigenvalue weighted by Crippen LogP contribution is 2.22. The lowest BCUT2D eigenvalue weighted by Gasteiger charge is -2.38. The molecule has 2 atom stereocenters. The van der Waals surface area contributed by atoms with Crippen LogP contribution in [0, 0.1) is 5.92 Å². The third-order valence-corrected chi connectivity index (χ3v) is 3.57. The van der Waals surface area contributed by atoms with E-state index < -0.39 is 0 Å². The van der Waals surface area contributed by atoms with Gasteiger partial charge in [-0.3, -0.25) is 9.69 Å². The van der Waals surface area contributed by atoms with Crippen molar-refractivity contribution in [1.29, 1.82) is 0 Å². The highest BCUT2D eigenvalue weighted by molar-refractivity contribution is 5.71. The lowest BCUT2D eigenvalue weighted by Crippen LogP contribution is -2.50. The van der Waals surface area contributed by atoms with Crippen molar-refractivity contribution in [3.63, 3.8) is 0 Å². The topological polar surface area (TPSA) is 55.6 Å². The van der Waals surface area contributed by atoms with Gasteiger partial charge in [0.1, 0.15) is 0 Å². The number of ether oxygens (including phenoxy) is 1. The third kappa shape index (κ3) is 4.64. The summed E-state index contributed by atoms with van der Waals surface area (Å²) in [7, 11) is 0. The minimum atomic E-state index is -0.106. The SMILES string of the molecule is CCCCOC(=O)CN1CCCC(C)C1CN. The van der Waals surface area contributed by atoms with Gasteiger partial charge in [-0.25, -0.2) is 0 Å². The Morgan fingerprint density at radius 2 is 2.29 bits per heavy atom. The molecule has 0 amide bonds. The summed E-state index contributed by atoms with van der Waals surface area (Å²) in [6, 6.07) is 0.336. The zero-order chi connectivity index (χ0) is 12.7. The van der Waals surface area contributed by atoms with Crippen LogP contribution in [0.25, 0.3) is 0 Å². The van der Waals surface area contributed by atoms with Gasteiger partial charge in [-0.1, -0.05) is 20.3 Å². The van der Waals surface area contributed by atoms with Gasteiger partial charge in [0.05, 0.1) is 13.2 Å². The first-order valence-corrected chi connectivity index (χ1v) is 6.78. The minimum Gasteiger partial charge on any atom is -0.465 e. The van der Waals surface area contributed by atoms with Crippen LogP contribution in [0.4, 0.5) is 0 Å². The van der Waals surface area contributed by atoms with E-state index >= 15 is 0 Å². The van der Waals surface area contributed by atoms with Crippen LogP contribution in [0.5, 0.6) is 0 Å².